The molecule has 3 nitrogen and oxygen atoms in total. The van der Waals surface area contributed by atoms with Crippen molar-refractivity contribution in [3.63, 3.8) is 0 Å². The molecule has 0 saturated carbocycles. The summed E-state index contributed by atoms with van der Waals surface area (Å²) in [5.41, 5.74) is 0.926. The van der Waals surface area contributed by atoms with Crippen molar-refractivity contribution in [2.45, 2.75) is 38.1 Å². The van der Waals surface area contributed by atoms with Crippen LogP contribution in [0.25, 0.3) is 0 Å². The van der Waals surface area contributed by atoms with E-state index >= 15 is 0 Å². The number of benzene rings is 1. The summed E-state index contributed by atoms with van der Waals surface area (Å²) in [5, 5.41) is 0. The Morgan fingerprint density at radius 3 is 2.20 bits per heavy atom. The van der Waals surface area contributed by atoms with Gasteiger partial charge in [-0.25, -0.2) is 8.42 Å². The van der Waals surface area contributed by atoms with Crippen molar-refractivity contribution in [1.29, 1.82) is 0 Å². The number of nitrogens with zero attached hydrogens (tertiary/aromatic N) is 1. The summed E-state index contributed by atoms with van der Waals surface area (Å²) in [7, 11) is -2.02. The van der Waals surface area contributed by atoms with E-state index in [1.54, 1.807) is 52.1 Å². The number of allylic oxidation sites excluding steroid dienone is 1. The normalized spacial score (nSPS) is 11.9. The Hall–Kier alpha value is -1.57. The maximum Gasteiger partial charge on any atom is 0.244 e. The van der Waals surface area contributed by atoms with Crippen molar-refractivity contribution in [2.75, 3.05) is 7.05 Å². The molecule has 0 bridgehead atoms. The van der Waals surface area contributed by atoms with Gasteiger partial charge >= 0.3 is 0 Å². The SMILES string of the molecule is C=C(C)C#CC(C)(C)N(C)S(=O)(=O)c1ccc(C)cc1. The maximum atomic E-state index is 12.6. The highest BCUT2D eigenvalue weighted by Gasteiger charge is 2.32. The maximum absolute atomic E-state index is 12.6. The van der Waals surface area contributed by atoms with Crippen LogP contribution >= 0.6 is 0 Å². The molecule has 1 aromatic rings. The zero-order valence-corrected chi connectivity index (χ0v) is 13.5. The van der Waals surface area contributed by atoms with E-state index in [4.69, 9.17) is 0 Å². The first kappa shape index (κ1) is 16.5. The van der Waals surface area contributed by atoms with Crippen molar-refractivity contribution in [1.82, 2.24) is 4.31 Å². The first-order chi connectivity index (χ1) is 9.07. The van der Waals surface area contributed by atoms with Gasteiger partial charge in [0.25, 0.3) is 0 Å². The number of hydrogen-bond acceptors (Lipinski definition) is 2. The van der Waals surface area contributed by atoms with Crippen LogP contribution in [0.1, 0.15) is 26.3 Å². The molecule has 0 N–H and O–H groups in total. The predicted molar refractivity (Wildman–Crippen MR) is 82.8 cm³/mol. The first-order valence-corrected chi connectivity index (χ1v) is 7.76. The molecule has 0 aromatic heterocycles. The fourth-order valence-corrected chi connectivity index (χ4v) is 2.95. The van der Waals surface area contributed by atoms with E-state index in [-0.39, 0.29) is 4.90 Å². The van der Waals surface area contributed by atoms with Gasteiger partial charge in [-0.2, -0.15) is 4.31 Å². The van der Waals surface area contributed by atoms with Gasteiger partial charge in [0.05, 0.1) is 10.4 Å². The fourth-order valence-electron chi connectivity index (χ4n) is 1.51. The Morgan fingerprint density at radius 2 is 1.75 bits per heavy atom. The Bertz CT molecular complexity index is 659. The largest absolute Gasteiger partial charge is 0.244 e. The summed E-state index contributed by atoms with van der Waals surface area (Å²) in [6.07, 6.45) is 0. The van der Waals surface area contributed by atoms with Crippen LogP contribution < -0.4 is 0 Å². The molecule has 4 heteroatoms. The third-order valence-electron chi connectivity index (χ3n) is 3.05. The molecule has 0 aliphatic carbocycles. The molecule has 0 amide bonds. The summed E-state index contributed by atoms with van der Waals surface area (Å²) in [6, 6.07) is 6.80. The molecule has 1 aromatic carbocycles. The van der Waals surface area contributed by atoms with Crippen LogP contribution in [0.2, 0.25) is 0 Å². The molecule has 0 atom stereocenters. The molecule has 0 heterocycles. The quantitative estimate of drug-likeness (QED) is 0.803. The van der Waals surface area contributed by atoms with Gasteiger partial charge < -0.3 is 0 Å². The van der Waals surface area contributed by atoms with Gasteiger partial charge in [0.1, 0.15) is 0 Å². The molecular formula is C16H21NO2S. The minimum atomic E-state index is -3.56. The summed E-state index contributed by atoms with van der Waals surface area (Å²) in [4.78, 5) is 0.274. The Labute approximate surface area is 122 Å². The fraction of sp³-hybridized carbons (Fsp3) is 0.375. The summed E-state index contributed by atoms with van der Waals surface area (Å²) in [5.74, 6) is 5.79. The molecule has 0 spiro atoms. The molecular weight excluding hydrogens is 270 g/mol. The van der Waals surface area contributed by atoms with Gasteiger partial charge in [0, 0.05) is 7.05 Å². The minimum Gasteiger partial charge on any atom is -0.207 e. The van der Waals surface area contributed by atoms with Crippen LogP contribution in [-0.2, 0) is 10.0 Å². The molecule has 0 unspecified atom stereocenters. The first-order valence-electron chi connectivity index (χ1n) is 6.32. The lowest BCUT2D eigenvalue weighted by Gasteiger charge is -2.30. The summed E-state index contributed by atoms with van der Waals surface area (Å²) < 4.78 is 26.4. The van der Waals surface area contributed by atoms with Crippen LogP contribution in [0.15, 0.2) is 41.3 Å². The monoisotopic (exact) mass is 291 g/mol. The van der Waals surface area contributed by atoms with E-state index in [2.05, 4.69) is 18.4 Å². The lowest BCUT2D eigenvalue weighted by molar-refractivity contribution is 0.340. The van der Waals surface area contributed by atoms with Crippen molar-refractivity contribution < 1.29 is 8.42 Å². The van der Waals surface area contributed by atoms with Gasteiger partial charge in [-0.05, 0) is 45.4 Å². The number of hydrogen-bond donors (Lipinski definition) is 0. The third kappa shape index (κ3) is 3.72. The molecule has 108 valence electrons. The van der Waals surface area contributed by atoms with Crippen molar-refractivity contribution in [3.8, 4) is 11.8 Å². The second-order valence-corrected chi connectivity index (χ2v) is 7.34. The number of rotatable bonds is 3. The van der Waals surface area contributed by atoms with Crippen molar-refractivity contribution >= 4 is 10.0 Å². The van der Waals surface area contributed by atoms with E-state index < -0.39 is 15.6 Å². The zero-order chi connectivity index (χ0) is 15.6. The summed E-state index contributed by atoms with van der Waals surface area (Å²) in [6.45, 7) is 11.0. The molecule has 0 aliphatic heterocycles. The highest BCUT2D eigenvalue weighted by atomic mass is 32.2. The lowest BCUT2D eigenvalue weighted by atomic mass is 10.1. The second-order valence-electron chi connectivity index (χ2n) is 5.37. The van der Waals surface area contributed by atoms with Gasteiger partial charge in [-0.15, -0.1) is 0 Å². The average Bonchev–Trinajstić information content (AvgIpc) is 2.36. The average molecular weight is 291 g/mol. The Morgan fingerprint density at radius 1 is 1.25 bits per heavy atom. The van der Waals surface area contributed by atoms with Crippen LogP contribution in [-0.4, -0.2) is 25.3 Å². The second kappa shape index (κ2) is 5.82. The minimum absolute atomic E-state index is 0.274. The lowest BCUT2D eigenvalue weighted by Crippen LogP contribution is -2.43. The Kier molecular flexibility index (Phi) is 4.80. The van der Waals surface area contributed by atoms with Gasteiger partial charge in [-0.3, -0.25) is 0 Å². The molecule has 0 fully saturated rings. The van der Waals surface area contributed by atoms with E-state index in [1.807, 2.05) is 6.92 Å². The van der Waals surface area contributed by atoms with Crippen LogP contribution in [0.4, 0.5) is 0 Å². The molecule has 0 radical (unpaired) electrons. The molecule has 0 saturated heterocycles. The number of sulfonamides is 1. The van der Waals surface area contributed by atoms with Crippen LogP contribution in [0, 0.1) is 18.8 Å². The van der Waals surface area contributed by atoms with E-state index in [9.17, 15) is 8.42 Å². The third-order valence-corrected chi connectivity index (χ3v) is 5.09. The highest BCUT2D eigenvalue weighted by Crippen LogP contribution is 2.22. The standard InChI is InChI=1S/C16H21NO2S/c1-13(2)11-12-16(4,5)17(6)20(18,19)15-9-7-14(3)8-10-15/h7-10H,1H2,2-6H3. The van der Waals surface area contributed by atoms with E-state index in [0.29, 0.717) is 5.57 Å². The smallest absolute Gasteiger partial charge is 0.207 e. The van der Waals surface area contributed by atoms with Crippen LogP contribution in [0.3, 0.4) is 0 Å². The topological polar surface area (TPSA) is 37.4 Å². The molecule has 0 aliphatic rings. The Balaban J connectivity index is 3.19. The zero-order valence-electron chi connectivity index (χ0n) is 12.7. The molecule has 1 rings (SSSR count). The highest BCUT2D eigenvalue weighted by molar-refractivity contribution is 7.89. The van der Waals surface area contributed by atoms with Gasteiger partial charge in [-0.1, -0.05) is 36.1 Å². The number of aryl methyl sites for hydroxylation is 1. The predicted octanol–water partition coefficient (Wildman–Crippen LogP) is 2.97. The van der Waals surface area contributed by atoms with Gasteiger partial charge in [0.15, 0.2) is 0 Å². The van der Waals surface area contributed by atoms with E-state index in [1.165, 1.54) is 4.31 Å². The van der Waals surface area contributed by atoms with Crippen LogP contribution in [0.5, 0.6) is 0 Å². The summed E-state index contributed by atoms with van der Waals surface area (Å²) >= 11 is 0. The van der Waals surface area contributed by atoms with Gasteiger partial charge in [0.2, 0.25) is 10.0 Å². The van der Waals surface area contributed by atoms with Crippen molar-refractivity contribution in [2.24, 2.45) is 0 Å². The molecule has 20 heavy (non-hydrogen) atoms. The van der Waals surface area contributed by atoms with E-state index in [0.717, 1.165) is 5.56 Å². The van der Waals surface area contributed by atoms with Crippen molar-refractivity contribution in [3.05, 3.63) is 42.0 Å².